The number of carbonyl (C=O) groups is 2. The minimum Gasteiger partial charge on any atom is -0.490 e. The van der Waals surface area contributed by atoms with Crippen LogP contribution in [0.25, 0.3) is 0 Å². The van der Waals surface area contributed by atoms with Gasteiger partial charge in [0.2, 0.25) is 0 Å². The number of amides is 2. The van der Waals surface area contributed by atoms with Crippen LogP contribution in [0.4, 0.5) is 0 Å². The Morgan fingerprint density at radius 2 is 1.86 bits per heavy atom. The molecule has 0 heterocycles. The summed E-state index contributed by atoms with van der Waals surface area (Å²) in [5.74, 6) is 0.730. The van der Waals surface area contributed by atoms with E-state index >= 15 is 0 Å². The molecule has 0 aromatic heterocycles. The average molecular weight is 461 g/mol. The fraction of sp³-hybridized carbons (Fsp3) is 0.273. The van der Waals surface area contributed by atoms with Crippen LogP contribution in [0, 0.1) is 0 Å². The van der Waals surface area contributed by atoms with Gasteiger partial charge in [0, 0.05) is 5.56 Å². The van der Waals surface area contributed by atoms with E-state index in [0.29, 0.717) is 29.6 Å². The van der Waals surface area contributed by atoms with Crippen LogP contribution < -0.4 is 20.3 Å². The molecule has 2 aromatic carbocycles. The van der Waals surface area contributed by atoms with Gasteiger partial charge in [0.15, 0.2) is 6.61 Å². The SMILES string of the molecule is C=CCOc1ccc(C(=O)NNC(=O)COc2ccc(C(C)CC)cc2Br)cc1. The van der Waals surface area contributed by atoms with Crippen molar-refractivity contribution in [3.8, 4) is 11.5 Å². The maximum Gasteiger partial charge on any atom is 0.276 e. The fourth-order valence-electron chi connectivity index (χ4n) is 2.41. The summed E-state index contributed by atoms with van der Waals surface area (Å²) >= 11 is 3.47. The molecule has 0 fully saturated rings. The Hall–Kier alpha value is -2.80. The van der Waals surface area contributed by atoms with Gasteiger partial charge in [-0.15, -0.1) is 0 Å². The van der Waals surface area contributed by atoms with Crippen molar-refractivity contribution < 1.29 is 19.1 Å². The van der Waals surface area contributed by atoms with E-state index in [1.165, 1.54) is 5.56 Å². The lowest BCUT2D eigenvalue weighted by atomic mass is 9.99. The van der Waals surface area contributed by atoms with Crippen LogP contribution in [0.1, 0.15) is 42.1 Å². The minimum absolute atomic E-state index is 0.226. The van der Waals surface area contributed by atoms with Crippen LogP contribution in [0.5, 0.6) is 11.5 Å². The van der Waals surface area contributed by atoms with Gasteiger partial charge in [-0.1, -0.05) is 32.6 Å². The highest BCUT2D eigenvalue weighted by atomic mass is 79.9. The van der Waals surface area contributed by atoms with Crippen molar-refractivity contribution in [1.82, 2.24) is 10.9 Å². The average Bonchev–Trinajstić information content (AvgIpc) is 2.74. The lowest BCUT2D eigenvalue weighted by Gasteiger charge is -2.13. The molecule has 0 saturated heterocycles. The van der Waals surface area contributed by atoms with Gasteiger partial charge in [-0.2, -0.15) is 0 Å². The molecule has 0 aliphatic carbocycles. The van der Waals surface area contributed by atoms with E-state index in [9.17, 15) is 9.59 Å². The molecule has 2 rings (SSSR count). The third kappa shape index (κ3) is 6.94. The minimum atomic E-state index is -0.470. The second-order valence-electron chi connectivity index (χ2n) is 6.41. The van der Waals surface area contributed by atoms with Crippen molar-refractivity contribution >= 4 is 27.7 Å². The number of benzene rings is 2. The summed E-state index contributed by atoms with van der Waals surface area (Å²) in [4.78, 5) is 24.1. The Kier molecular flexibility index (Phi) is 8.73. The molecule has 6 nitrogen and oxygen atoms in total. The standard InChI is InChI=1S/C22H25BrN2O4/c1-4-12-28-18-9-6-16(7-10-18)22(27)25-24-21(26)14-29-20-11-8-17(13-19(20)23)15(3)5-2/h4,6-11,13,15H,1,5,12,14H2,2-3H3,(H,24,26)(H,25,27). The van der Waals surface area contributed by atoms with Gasteiger partial charge in [-0.3, -0.25) is 20.4 Å². The van der Waals surface area contributed by atoms with Crippen LogP contribution in [0.2, 0.25) is 0 Å². The number of halogens is 1. The summed E-state index contributed by atoms with van der Waals surface area (Å²) in [5.41, 5.74) is 6.28. The highest BCUT2D eigenvalue weighted by molar-refractivity contribution is 9.10. The summed E-state index contributed by atoms with van der Waals surface area (Å²) in [6.07, 6.45) is 2.68. The lowest BCUT2D eigenvalue weighted by molar-refractivity contribution is -0.123. The molecule has 7 heteroatoms. The molecule has 1 atom stereocenters. The van der Waals surface area contributed by atoms with Gasteiger partial charge >= 0.3 is 0 Å². The molecule has 2 aromatic rings. The van der Waals surface area contributed by atoms with E-state index < -0.39 is 11.8 Å². The van der Waals surface area contributed by atoms with Gasteiger partial charge in [0.05, 0.1) is 4.47 Å². The Labute approximate surface area is 179 Å². The molecule has 2 N–H and O–H groups in total. The van der Waals surface area contributed by atoms with E-state index in [2.05, 4.69) is 47.2 Å². The first-order chi connectivity index (χ1) is 13.9. The van der Waals surface area contributed by atoms with Crippen molar-refractivity contribution in [2.45, 2.75) is 26.2 Å². The first-order valence-electron chi connectivity index (χ1n) is 9.29. The van der Waals surface area contributed by atoms with E-state index in [4.69, 9.17) is 9.47 Å². The largest absolute Gasteiger partial charge is 0.490 e. The quantitative estimate of drug-likeness (QED) is 0.430. The number of hydrazine groups is 1. The molecule has 0 bridgehead atoms. The maximum absolute atomic E-state index is 12.1. The highest BCUT2D eigenvalue weighted by Crippen LogP contribution is 2.30. The van der Waals surface area contributed by atoms with Gasteiger partial charge in [-0.25, -0.2) is 0 Å². The Morgan fingerprint density at radius 3 is 2.48 bits per heavy atom. The summed E-state index contributed by atoms with van der Waals surface area (Å²) in [6.45, 7) is 8.02. The smallest absolute Gasteiger partial charge is 0.276 e. The topological polar surface area (TPSA) is 76.7 Å². The molecule has 154 valence electrons. The van der Waals surface area contributed by atoms with Gasteiger partial charge < -0.3 is 9.47 Å². The van der Waals surface area contributed by atoms with Crippen molar-refractivity contribution in [2.75, 3.05) is 13.2 Å². The third-order valence-electron chi connectivity index (χ3n) is 4.30. The molecular weight excluding hydrogens is 436 g/mol. The molecule has 0 spiro atoms. The van der Waals surface area contributed by atoms with Crippen LogP contribution in [-0.2, 0) is 4.79 Å². The Morgan fingerprint density at radius 1 is 1.14 bits per heavy atom. The third-order valence-corrected chi connectivity index (χ3v) is 4.92. The zero-order valence-corrected chi connectivity index (χ0v) is 18.1. The number of hydrogen-bond acceptors (Lipinski definition) is 4. The van der Waals surface area contributed by atoms with E-state index in [0.717, 1.165) is 10.9 Å². The zero-order chi connectivity index (χ0) is 21.2. The van der Waals surface area contributed by atoms with Gasteiger partial charge in [0.25, 0.3) is 11.8 Å². The maximum atomic E-state index is 12.1. The molecule has 29 heavy (non-hydrogen) atoms. The molecule has 0 radical (unpaired) electrons. The van der Waals surface area contributed by atoms with Crippen molar-refractivity contribution in [2.24, 2.45) is 0 Å². The van der Waals surface area contributed by atoms with E-state index in [1.54, 1.807) is 30.3 Å². The van der Waals surface area contributed by atoms with Crippen molar-refractivity contribution in [1.29, 1.82) is 0 Å². The number of carbonyl (C=O) groups excluding carboxylic acids is 2. The number of nitrogens with one attached hydrogen (secondary N) is 2. The van der Waals surface area contributed by atoms with Crippen LogP contribution >= 0.6 is 15.9 Å². The van der Waals surface area contributed by atoms with Crippen molar-refractivity contribution in [3.05, 3.63) is 70.7 Å². The van der Waals surface area contributed by atoms with E-state index in [1.807, 2.05) is 18.2 Å². The molecule has 0 saturated carbocycles. The molecule has 0 aliphatic heterocycles. The van der Waals surface area contributed by atoms with Crippen LogP contribution in [0.3, 0.4) is 0 Å². The zero-order valence-electron chi connectivity index (χ0n) is 16.5. The molecular formula is C22H25BrN2O4. The van der Waals surface area contributed by atoms with Gasteiger partial charge in [-0.05, 0) is 70.2 Å². The lowest BCUT2D eigenvalue weighted by Crippen LogP contribution is -2.43. The Balaban J connectivity index is 1.81. The molecule has 1 unspecified atom stereocenters. The van der Waals surface area contributed by atoms with Crippen molar-refractivity contribution in [3.63, 3.8) is 0 Å². The number of rotatable bonds is 9. The molecule has 0 aliphatic rings. The fourth-order valence-corrected chi connectivity index (χ4v) is 2.92. The summed E-state index contributed by atoms with van der Waals surface area (Å²) in [5, 5.41) is 0. The second-order valence-corrected chi connectivity index (χ2v) is 7.27. The Bertz CT molecular complexity index is 852. The summed E-state index contributed by atoms with van der Waals surface area (Å²) in [6, 6.07) is 12.3. The number of hydrogen-bond donors (Lipinski definition) is 2. The highest BCUT2D eigenvalue weighted by Gasteiger charge is 2.11. The van der Waals surface area contributed by atoms with E-state index in [-0.39, 0.29) is 6.61 Å². The monoisotopic (exact) mass is 460 g/mol. The summed E-state index contributed by atoms with van der Waals surface area (Å²) < 4.78 is 11.7. The second kappa shape index (κ2) is 11.3. The van der Waals surface area contributed by atoms with Crippen LogP contribution in [-0.4, -0.2) is 25.0 Å². The predicted octanol–water partition coefficient (Wildman–Crippen LogP) is 4.37. The first-order valence-corrected chi connectivity index (χ1v) is 10.1. The van der Waals surface area contributed by atoms with Gasteiger partial charge in [0.1, 0.15) is 18.1 Å². The molecule has 2 amide bonds. The number of ether oxygens (including phenoxy) is 2. The normalized spacial score (nSPS) is 11.3. The predicted molar refractivity (Wildman–Crippen MR) is 116 cm³/mol. The van der Waals surface area contributed by atoms with Crippen LogP contribution in [0.15, 0.2) is 59.6 Å². The first kappa shape index (κ1) is 22.5. The summed E-state index contributed by atoms with van der Waals surface area (Å²) in [7, 11) is 0.